The molecule has 126 valence electrons. The lowest BCUT2D eigenvalue weighted by Gasteiger charge is -2.11. The maximum absolute atomic E-state index is 5.44. The van der Waals surface area contributed by atoms with Crippen LogP contribution in [0.3, 0.4) is 0 Å². The Hall–Kier alpha value is -1.63. The van der Waals surface area contributed by atoms with Gasteiger partial charge in [-0.3, -0.25) is 0 Å². The lowest BCUT2D eigenvalue weighted by atomic mass is 10.1. The van der Waals surface area contributed by atoms with E-state index >= 15 is 0 Å². The molecule has 0 aliphatic carbocycles. The van der Waals surface area contributed by atoms with E-state index in [0.29, 0.717) is 30.8 Å². The molecule has 0 radical (unpaired) electrons. The molecule has 0 aromatic carbocycles. The summed E-state index contributed by atoms with van der Waals surface area (Å²) < 4.78 is 10.6. The number of hydrogen-bond donors (Lipinski definition) is 2. The second-order valence-corrected chi connectivity index (χ2v) is 5.45. The standard InChI is InChI=1S/C15H29N5O2/c1-6-16-15(17-9-8-11(3)4)18-10-13-19-14(20-22-13)12(5)21-7-2/h11-12H,6-10H2,1-5H3,(H2,16,17,18). The molecule has 1 aromatic heterocycles. The number of guanidine groups is 1. The van der Waals surface area contributed by atoms with Gasteiger partial charge in [-0.15, -0.1) is 0 Å². The molecule has 1 rings (SSSR count). The van der Waals surface area contributed by atoms with Crippen molar-refractivity contribution in [2.75, 3.05) is 19.7 Å². The number of nitrogens with one attached hydrogen (secondary N) is 2. The Morgan fingerprint density at radius 1 is 1.27 bits per heavy atom. The maximum atomic E-state index is 5.44. The molecular weight excluding hydrogens is 282 g/mol. The predicted octanol–water partition coefficient (Wildman–Crippen LogP) is 2.27. The fraction of sp³-hybridized carbons (Fsp3) is 0.800. The van der Waals surface area contributed by atoms with Gasteiger partial charge in [-0.05, 0) is 33.1 Å². The average molecular weight is 311 g/mol. The van der Waals surface area contributed by atoms with Crippen LogP contribution in [-0.4, -0.2) is 35.8 Å². The minimum absolute atomic E-state index is 0.163. The third-order valence-corrected chi connectivity index (χ3v) is 2.99. The lowest BCUT2D eigenvalue weighted by molar-refractivity contribution is 0.0683. The first kappa shape index (κ1) is 18.4. The van der Waals surface area contributed by atoms with Crippen LogP contribution in [0.25, 0.3) is 0 Å². The Balaban J connectivity index is 2.54. The van der Waals surface area contributed by atoms with E-state index in [0.717, 1.165) is 25.5 Å². The molecule has 2 N–H and O–H groups in total. The van der Waals surface area contributed by atoms with E-state index < -0.39 is 0 Å². The summed E-state index contributed by atoms with van der Waals surface area (Å²) >= 11 is 0. The molecule has 0 amide bonds. The van der Waals surface area contributed by atoms with Crippen LogP contribution in [0.5, 0.6) is 0 Å². The van der Waals surface area contributed by atoms with E-state index in [1.807, 2.05) is 20.8 Å². The average Bonchev–Trinajstić information content (AvgIpc) is 2.93. The van der Waals surface area contributed by atoms with E-state index in [4.69, 9.17) is 9.26 Å². The quantitative estimate of drug-likeness (QED) is 0.537. The first-order chi connectivity index (χ1) is 10.6. The molecule has 1 atom stereocenters. The van der Waals surface area contributed by atoms with Crippen molar-refractivity contribution in [1.29, 1.82) is 0 Å². The number of ether oxygens (including phenoxy) is 1. The van der Waals surface area contributed by atoms with E-state index in [-0.39, 0.29) is 6.10 Å². The van der Waals surface area contributed by atoms with Gasteiger partial charge in [-0.2, -0.15) is 4.98 Å². The second-order valence-electron chi connectivity index (χ2n) is 5.45. The predicted molar refractivity (Wildman–Crippen MR) is 86.6 cm³/mol. The topological polar surface area (TPSA) is 84.6 Å². The molecule has 0 saturated heterocycles. The summed E-state index contributed by atoms with van der Waals surface area (Å²) in [5.74, 6) is 2.47. The summed E-state index contributed by atoms with van der Waals surface area (Å²) in [6, 6.07) is 0. The molecule has 0 fully saturated rings. The normalized spacial score (nSPS) is 13.5. The molecule has 0 aliphatic rings. The van der Waals surface area contributed by atoms with Crippen molar-refractivity contribution >= 4 is 5.96 Å². The van der Waals surface area contributed by atoms with Crippen LogP contribution in [0.1, 0.15) is 58.9 Å². The van der Waals surface area contributed by atoms with E-state index in [1.54, 1.807) is 0 Å². The number of nitrogens with zero attached hydrogens (tertiary/aromatic N) is 3. The fourth-order valence-electron chi connectivity index (χ4n) is 1.79. The molecule has 1 heterocycles. The van der Waals surface area contributed by atoms with E-state index in [1.165, 1.54) is 0 Å². The Morgan fingerprint density at radius 3 is 2.68 bits per heavy atom. The molecule has 0 bridgehead atoms. The molecule has 1 aromatic rings. The SMILES string of the molecule is CCNC(=NCc1nc(C(C)OCC)no1)NCCC(C)C. The van der Waals surface area contributed by atoms with Crippen LogP contribution >= 0.6 is 0 Å². The van der Waals surface area contributed by atoms with Gasteiger partial charge in [0.15, 0.2) is 11.8 Å². The third kappa shape index (κ3) is 6.89. The van der Waals surface area contributed by atoms with Crippen molar-refractivity contribution in [2.24, 2.45) is 10.9 Å². The number of aromatic nitrogens is 2. The summed E-state index contributed by atoms with van der Waals surface area (Å²) in [4.78, 5) is 8.76. The Morgan fingerprint density at radius 2 is 2.05 bits per heavy atom. The van der Waals surface area contributed by atoms with Gasteiger partial charge in [0.25, 0.3) is 0 Å². The third-order valence-electron chi connectivity index (χ3n) is 2.99. The van der Waals surface area contributed by atoms with Gasteiger partial charge < -0.3 is 19.9 Å². The monoisotopic (exact) mass is 311 g/mol. The van der Waals surface area contributed by atoms with Gasteiger partial charge in [0, 0.05) is 19.7 Å². The van der Waals surface area contributed by atoms with Crippen molar-refractivity contribution in [3.63, 3.8) is 0 Å². The molecule has 0 saturated carbocycles. The van der Waals surface area contributed by atoms with Crippen LogP contribution in [0.2, 0.25) is 0 Å². The summed E-state index contributed by atoms with van der Waals surface area (Å²) in [5, 5.41) is 10.4. The molecule has 22 heavy (non-hydrogen) atoms. The zero-order valence-corrected chi connectivity index (χ0v) is 14.3. The highest BCUT2D eigenvalue weighted by molar-refractivity contribution is 5.79. The molecule has 1 unspecified atom stereocenters. The van der Waals surface area contributed by atoms with Gasteiger partial charge in [-0.25, -0.2) is 4.99 Å². The largest absolute Gasteiger partial charge is 0.371 e. The van der Waals surface area contributed by atoms with Crippen molar-refractivity contribution in [2.45, 2.75) is 53.7 Å². The highest BCUT2D eigenvalue weighted by atomic mass is 16.5. The van der Waals surface area contributed by atoms with Gasteiger partial charge >= 0.3 is 0 Å². The molecule has 7 nitrogen and oxygen atoms in total. The maximum Gasteiger partial charge on any atom is 0.248 e. The number of rotatable bonds is 9. The molecule has 0 spiro atoms. The smallest absolute Gasteiger partial charge is 0.248 e. The second kappa shape index (κ2) is 10.2. The van der Waals surface area contributed by atoms with Crippen LogP contribution in [0.15, 0.2) is 9.52 Å². The Labute approximate surface area is 132 Å². The number of hydrogen-bond acceptors (Lipinski definition) is 5. The van der Waals surface area contributed by atoms with Crippen LogP contribution in [-0.2, 0) is 11.3 Å². The fourth-order valence-corrected chi connectivity index (χ4v) is 1.79. The van der Waals surface area contributed by atoms with Gasteiger partial charge in [0.1, 0.15) is 12.6 Å². The van der Waals surface area contributed by atoms with Gasteiger partial charge in [-0.1, -0.05) is 19.0 Å². The highest BCUT2D eigenvalue weighted by Crippen LogP contribution is 2.12. The van der Waals surface area contributed by atoms with Crippen LogP contribution in [0.4, 0.5) is 0 Å². The van der Waals surface area contributed by atoms with Gasteiger partial charge in [0.2, 0.25) is 5.89 Å². The Kier molecular flexibility index (Phi) is 8.50. The summed E-state index contributed by atoms with van der Waals surface area (Å²) in [6.45, 7) is 12.9. The van der Waals surface area contributed by atoms with Crippen molar-refractivity contribution < 1.29 is 9.26 Å². The van der Waals surface area contributed by atoms with Crippen LogP contribution in [0, 0.1) is 5.92 Å². The summed E-state index contributed by atoms with van der Waals surface area (Å²) in [6.07, 6.45) is 0.935. The Bertz CT molecular complexity index is 445. The molecule has 7 heteroatoms. The molecule has 0 aliphatic heterocycles. The van der Waals surface area contributed by atoms with E-state index in [9.17, 15) is 0 Å². The zero-order chi connectivity index (χ0) is 16.4. The van der Waals surface area contributed by atoms with Gasteiger partial charge in [0.05, 0.1) is 0 Å². The first-order valence-electron chi connectivity index (χ1n) is 8.03. The lowest BCUT2D eigenvalue weighted by Crippen LogP contribution is -2.38. The van der Waals surface area contributed by atoms with Crippen molar-refractivity contribution in [3.8, 4) is 0 Å². The van der Waals surface area contributed by atoms with Crippen LogP contribution < -0.4 is 10.6 Å². The molecular formula is C15H29N5O2. The minimum atomic E-state index is -0.163. The minimum Gasteiger partial charge on any atom is -0.371 e. The van der Waals surface area contributed by atoms with Crippen molar-refractivity contribution in [3.05, 3.63) is 11.7 Å². The van der Waals surface area contributed by atoms with Crippen molar-refractivity contribution in [1.82, 2.24) is 20.8 Å². The summed E-state index contributed by atoms with van der Waals surface area (Å²) in [7, 11) is 0. The highest BCUT2D eigenvalue weighted by Gasteiger charge is 2.13. The zero-order valence-electron chi connectivity index (χ0n) is 14.3. The first-order valence-corrected chi connectivity index (χ1v) is 8.03. The number of aliphatic imine (C=N–C) groups is 1. The summed E-state index contributed by atoms with van der Waals surface area (Å²) in [5.41, 5.74) is 0. The van der Waals surface area contributed by atoms with E-state index in [2.05, 4.69) is 39.6 Å².